The fourth-order valence-electron chi connectivity index (χ4n) is 6.27. The van der Waals surface area contributed by atoms with Crippen LogP contribution in [0.1, 0.15) is 62.7 Å². The standard InChI is InChI=1S/C34H35NS/c1-21-15-22(2)32(23(3)16-21)27-17-24(4)33-29-12-8-11-28(34(29)36-31(33)20-27)30-19-26(13-14-35-30)18-25-9-6-5-7-10-25/h8,11-17,19-20,25H,5-7,9-10,18H2,1-4H3/i18D2. The van der Waals surface area contributed by atoms with Gasteiger partial charge in [0.2, 0.25) is 0 Å². The summed E-state index contributed by atoms with van der Waals surface area (Å²) in [6.07, 6.45) is 5.89. The van der Waals surface area contributed by atoms with Crippen molar-refractivity contribution >= 4 is 31.5 Å². The lowest BCUT2D eigenvalue weighted by Gasteiger charge is -2.21. The van der Waals surface area contributed by atoms with Gasteiger partial charge in [-0.15, -0.1) is 11.3 Å². The Kier molecular flexibility index (Phi) is 5.57. The summed E-state index contributed by atoms with van der Waals surface area (Å²) in [4.78, 5) is 4.75. The fourth-order valence-corrected chi connectivity index (χ4v) is 7.61. The average molecular weight is 492 g/mol. The van der Waals surface area contributed by atoms with E-state index in [1.54, 1.807) is 6.20 Å². The van der Waals surface area contributed by atoms with Crippen LogP contribution in [-0.4, -0.2) is 4.98 Å². The second-order valence-electron chi connectivity index (χ2n) is 10.6. The number of aromatic nitrogens is 1. The molecule has 0 aliphatic heterocycles. The summed E-state index contributed by atoms with van der Waals surface area (Å²) in [5.74, 6) is 0.0846. The molecular weight excluding hydrogens is 454 g/mol. The molecule has 6 rings (SSSR count). The zero-order valence-corrected chi connectivity index (χ0v) is 22.6. The van der Waals surface area contributed by atoms with Gasteiger partial charge in [0, 0.05) is 34.7 Å². The van der Waals surface area contributed by atoms with Crippen LogP contribution in [0.5, 0.6) is 0 Å². The lowest BCUT2D eigenvalue weighted by atomic mass is 9.85. The normalized spacial score (nSPS) is 15.9. The monoisotopic (exact) mass is 491 g/mol. The summed E-state index contributed by atoms with van der Waals surface area (Å²) in [5, 5.41) is 2.57. The van der Waals surface area contributed by atoms with E-state index >= 15 is 0 Å². The molecule has 0 N–H and O–H groups in total. The van der Waals surface area contributed by atoms with Crippen LogP contribution >= 0.6 is 11.3 Å². The van der Waals surface area contributed by atoms with Crippen LogP contribution in [0.15, 0.2) is 60.8 Å². The van der Waals surface area contributed by atoms with Crippen molar-refractivity contribution in [3.63, 3.8) is 0 Å². The van der Waals surface area contributed by atoms with Crippen molar-refractivity contribution in [1.29, 1.82) is 0 Å². The van der Waals surface area contributed by atoms with E-state index < -0.39 is 6.37 Å². The van der Waals surface area contributed by atoms with Gasteiger partial charge in [-0.25, -0.2) is 0 Å². The van der Waals surface area contributed by atoms with Gasteiger partial charge >= 0.3 is 0 Å². The van der Waals surface area contributed by atoms with Gasteiger partial charge in [-0.2, -0.15) is 0 Å². The maximum absolute atomic E-state index is 8.99. The molecule has 2 heterocycles. The molecule has 1 fully saturated rings. The lowest BCUT2D eigenvalue weighted by molar-refractivity contribution is 0.356. The molecule has 1 aliphatic carbocycles. The number of nitrogens with zero attached hydrogens (tertiary/aromatic N) is 1. The highest BCUT2D eigenvalue weighted by molar-refractivity contribution is 7.26. The first-order chi connectivity index (χ1) is 18.2. The first-order valence-corrected chi connectivity index (χ1v) is 14.1. The molecule has 0 radical (unpaired) electrons. The minimum atomic E-state index is -1.33. The van der Waals surface area contributed by atoms with Crippen LogP contribution in [-0.2, 0) is 6.37 Å². The van der Waals surface area contributed by atoms with E-state index in [1.165, 1.54) is 60.0 Å². The first kappa shape index (κ1) is 21.1. The van der Waals surface area contributed by atoms with Crippen molar-refractivity contribution in [2.75, 3.05) is 0 Å². The number of pyridine rings is 1. The Balaban J connectivity index is 1.48. The van der Waals surface area contributed by atoms with E-state index in [4.69, 9.17) is 7.73 Å². The number of benzene rings is 3. The third-order valence-corrected chi connectivity index (χ3v) is 8.96. The number of hydrogen-bond donors (Lipinski definition) is 0. The molecule has 0 saturated heterocycles. The van der Waals surface area contributed by atoms with Gasteiger partial charge in [-0.3, -0.25) is 4.98 Å². The van der Waals surface area contributed by atoms with Crippen molar-refractivity contribution in [1.82, 2.24) is 4.98 Å². The third kappa shape index (κ3) is 4.26. The van der Waals surface area contributed by atoms with E-state index in [0.717, 1.165) is 42.5 Å². The number of fused-ring (bicyclic) bond motifs is 3. The second-order valence-corrected chi connectivity index (χ2v) is 11.7. The molecule has 2 aromatic heterocycles. The Labute approximate surface area is 222 Å². The van der Waals surface area contributed by atoms with Gasteiger partial charge in [0.1, 0.15) is 0 Å². The van der Waals surface area contributed by atoms with Crippen molar-refractivity contribution in [2.24, 2.45) is 5.92 Å². The van der Waals surface area contributed by atoms with Gasteiger partial charge in [0.15, 0.2) is 0 Å². The van der Waals surface area contributed by atoms with Gasteiger partial charge in [-0.1, -0.05) is 74.1 Å². The maximum atomic E-state index is 8.99. The molecule has 0 amide bonds. The van der Waals surface area contributed by atoms with E-state index in [1.807, 2.05) is 23.5 Å². The van der Waals surface area contributed by atoms with E-state index in [2.05, 4.69) is 70.2 Å². The summed E-state index contributed by atoms with van der Waals surface area (Å²) >= 11 is 1.83. The zero-order valence-electron chi connectivity index (χ0n) is 23.7. The molecule has 1 nitrogen and oxygen atoms in total. The molecule has 0 atom stereocenters. The van der Waals surface area contributed by atoms with Crippen LogP contribution < -0.4 is 0 Å². The van der Waals surface area contributed by atoms with Crippen LogP contribution in [0.25, 0.3) is 42.6 Å². The highest BCUT2D eigenvalue weighted by atomic mass is 32.1. The maximum Gasteiger partial charge on any atom is 0.0719 e. The van der Waals surface area contributed by atoms with Crippen LogP contribution in [0.4, 0.5) is 0 Å². The molecule has 3 aromatic carbocycles. The van der Waals surface area contributed by atoms with E-state index in [0.29, 0.717) is 0 Å². The second kappa shape index (κ2) is 9.48. The molecule has 0 spiro atoms. The highest BCUT2D eigenvalue weighted by Crippen LogP contribution is 2.43. The van der Waals surface area contributed by atoms with Crippen LogP contribution in [0.2, 0.25) is 0 Å². The summed E-state index contributed by atoms with van der Waals surface area (Å²) in [6, 6.07) is 19.6. The van der Waals surface area contributed by atoms with Crippen molar-refractivity contribution in [3.05, 3.63) is 88.6 Å². The van der Waals surface area contributed by atoms with Gasteiger partial charge < -0.3 is 0 Å². The predicted octanol–water partition coefficient (Wildman–Crippen LogP) is 10.1. The number of aryl methyl sites for hydroxylation is 4. The molecule has 5 aromatic rings. The summed E-state index contributed by atoms with van der Waals surface area (Å²) in [6.45, 7) is 8.81. The van der Waals surface area contributed by atoms with Crippen LogP contribution in [0, 0.1) is 33.6 Å². The molecular formula is C34H35NS. The highest BCUT2D eigenvalue weighted by Gasteiger charge is 2.17. The summed E-state index contributed by atoms with van der Waals surface area (Å²) in [7, 11) is 0. The summed E-state index contributed by atoms with van der Waals surface area (Å²) in [5.41, 5.74) is 10.5. The Morgan fingerprint density at radius 1 is 0.889 bits per heavy atom. The minimum absolute atomic E-state index is 0.0846. The Morgan fingerprint density at radius 3 is 2.44 bits per heavy atom. The first-order valence-electron chi connectivity index (χ1n) is 14.2. The smallest absolute Gasteiger partial charge is 0.0719 e. The van der Waals surface area contributed by atoms with Gasteiger partial charge in [0.05, 0.1) is 5.69 Å². The molecule has 0 unspecified atom stereocenters. The molecule has 1 saturated carbocycles. The third-order valence-electron chi connectivity index (χ3n) is 7.77. The molecule has 36 heavy (non-hydrogen) atoms. The topological polar surface area (TPSA) is 12.9 Å². The average Bonchev–Trinajstić information content (AvgIpc) is 3.28. The van der Waals surface area contributed by atoms with E-state index in [9.17, 15) is 0 Å². The predicted molar refractivity (Wildman–Crippen MR) is 157 cm³/mol. The van der Waals surface area contributed by atoms with Gasteiger partial charge in [0.25, 0.3) is 0 Å². The van der Waals surface area contributed by atoms with E-state index in [-0.39, 0.29) is 5.92 Å². The fraction of sp³-hybridized carbons (Fsp3) is 0.324. The number of thiophene rings is 1. The van der Waals surface area contributed by atoms with Crippen molar-refractivity contribution in [2.45, 2.75) is 66.2 Å². The lowest BCUT2D eigenvalue weighted by Crippen LogP contribution is -2.09. The number of rotatable bonds is 4. The zero-order chi connectivity index (χ0) is 26.6. The molecule has 1 aliphatic rings. The largest absolute Gasteiger partial charge is 0.256 e. The Bertz CT molecular complexity index is 1650. The van der Waals surface area contributed by atoms with Crippen LogP contribution in [0.3, 0.4) is 0 Å². The van der Waals surface area contributed by atoms with Crippen molar-refractivity contribution in [3.8, 4) is 22.4 Å². The molecule has 0 bridgehead atoms. The Hall–Kier alpha value is -2.97. The van der Waals surface area contributed by atoms with Crippen molar-refractivity contribution < 1.29 is 2.74 Å². The number of hydrogen-bond acceptors (Lipinski definition) is 2. The molecule has 182 valence electrons. The summed E-state index contributed by atoms with van der Waals surface area (Å²) < 4.78 is 20.5. The minimum Gasteiger partial charge on any atom is -0.256 e. The quantitative estimate of drug-likeness (QED) is 0.244. The SMILES string of the molecule is [2H]C([2H])(c1ccnc(-c2cccc3c2sc2cc(-c4c(C)cc(C)cc4C)cc(C)c23)c1)C1CCCCC1. The van der Waals surface area contributed by atoms with Gasteiger partial charge in [-0.05, 0) is 91.6 Å². The Morgan fingerprint density at radius 2 is 1.67 bits per heavy atom. The molecule has 2 heteroatoms.